The van der Waals surface area contributed by atoms with Gasteiger partial charge in [0.2, 0.25) is 0 Å². The summed E-state index contributed by atoms with van der Waals surface area (Å²) in [6.45, 7) is 11.4. The van der Waals surface area contributed by atoms with Crippen molar-refractivity contribution in [3.05, 3.63) is 23.4 Å². The van der Waals surface area contributed by atoms with E-state index in [2.05, 4.69) is 39.3 Å². The molecule has 2 N–H and O–H groups in total. The second-order valence-corrected chi connectivity index (χ2v) is 7.51. The molecule has 3 heterocycles. The smallest absolute Gasteiger partial charge is 0.191 e. The van der Waals surface area contributed by atoms with Crippen LogP contribution in [0.2, 0.25) is 5.02 Å². The number of guanidine groups is 1. The summed E-state index contributed by atoms with van der Waals surface area (Å²) in [7, 11) is 0. The van der Waals surface area contributed by atoms with E-state index in [-0.39, 0.29) is 0 Å². The van der Waals surface area contributed by atoms with Gasteiger partial charge in [0.05, 0.1) is 24.8 Å². The lowest BCUT2D eigenvalue weighted by Gasteiger charge is -2.31. The molecule has 1 aromatic rings. The van der Waals surface area contributed by atoms with Crippen LogP contribution in [0.15, 0.2) is 23.3 Å². The van der Waals surface area contributed by atoms with Crippen molar-refractivity contribution in [1.29, 1.82) is 0 Å². The lowest BCUT2D eigenvalue weighted by molar-refractivity contribution is 0.0220. The highest BCUT2D eigenvalue weighted by Gasteiger charge is 2.25. The first-order valence-electron chi connectivity index (χ1n) is 9.89. The fourth-order valence-electron chi connectivity index (χ4n) is 3.55. The molecule has 0 saturated carbocycles. The molecule has 2 aliphatic heterocycles. The van der Waals surface area contributed by atoms with Crippen molar-refractivity contribution in [2.75, 3.05) is 57.4 Å². The summed E-state index contributed by atoms with van der Waals surface area (Å²) in [6, 6.07) is 4.50. The summed E-state index contributed by atoms with van der Waals surface area (Å²) < 4.78 is 5.44. The van der Waals surface area contributed by atoms with E-state index < -0.39 is 0 Å². The van der Waals surface area contributed by atoms with Crippen LogP contribution in [0, 0.1) is 0 Å². The van der Waals surface area contributed by atoms with Crippen molar-refractivity contribution < 1.29 is 4.74 Å². The molecule has 2 atom stereocenters. The predicted molar refractivity (Wildman–Crippen MR) is 111 cm³/mol. The van der Waals surface area contributed by atoms with Gasteiger partial charge in [-0.15, -0.1) is 0 Å². The molecule has 0 radical (unpaired) electrons. The molecule has 150 valence electrons. The van der Waals surface area contributed by atoms with E-state index >= 15 is 0 Å². The Balaban J connectivity index is 1.54. The Morgan fingerprint density at radius 1 is 1.41 bits per heavy atom. The maximum atomic E-state index is 6.29. The quantitative estimate of drug-likeness (QED) is 0.564. The minimum absolute atomic E-state index is 0.333. The maximum absolute atomic E-state index is 6.29. The van der Waals surface area contributed by atoms with E-state index in [1.807, 2.05) is 12.1 Å². The molecule has 2 unspecified atom stereocenters. The number of pyridine rings is 1. The van der Waals surface area contributed by atoms with Crippen LogP contribution in [0.5, 0.6) is 0 Å². The van der Waals surface area contributed by atoms with E-state index in [4.69, 9.17) is 21.3 Å². The number of aliphatic imine (C=N–C) groups is 1. The summed E-state index contributed by atoms with van der Waals surface area (Å²) >= 11 is 6.29. The minimum Gasteiger partial charge on any atom is -0.379 e. The van der Waals surface area contributed by atoms with Gasteiger partial charge in [0, 0.05) is 51.0 Å². The zero-order valence-corrected chi connectivity index (χ0v) is 17.1. The van der Waals surface area contributed by atoms with Gasteiger partial charge in [0.15, 0.2) is 5.96 Å². The van der Waals surface area contributed by atoms with Crippen LogP contribution in [-0.2, 0) is 4.74 Å². The molecular formula is C19H31ClN6O. The molecule has 0 amide bonds. The number of anilines is 1. The number of morpholine rings is 1. The molecule has 3 rings (SSSR count). The van der Waals surface area contributed by atoms with Gasteiger partial charge in [-0.3, -0.25) is 9.89 Å². The number of aromatic nitrogens is 1. The highest BCUT2D eigenvalue weighted by atomic mass is 35.5. The Kier molecular flexibility index (Phi) is 7.55. The summed E-state index contributed by atoms with van der Waals surface area (Å²) in [6.07, 6.45) is 2.83. The van der Waals surface area contributed by atoms with Gasteiger partial charge in [0.1, 0.15) is 5.82 Å². The average Bonchev–Trinajstić information content (AvgIpc) is 3.15. The monoisotopic (exact) mass is 394 g/mol. The molecule has 8 heteroatoms. The van der Waals surface area contributed by atoms with Gasteiger partial charge in [-0.05, 0) is 32.4 Å². The first kappa shape index (κ1) is 20.2. The molecular weight excluding hydrogens is 364 g/mol. The third-order valence-corrected chi connectivity index (χ3v) is 5.39. The standard InChI is InChI=1S/C19H31ClN6O/c1-3-21-19(23-13-15(2)25-9-11-27-12-10-25)24-16-6-8-26(14-16)18-17(20)5-4-7-22-18/h4-5,7,15-16H,3,6,8-14H2,1-2H3,(H2,21,23,24). The SMILES string of the molecule is CCNC(=NCC(C)N1CCOCC1)NC1CCN(c2ncccc2Cl)C1. The number of hydrogen-bond acceptors (Lipinski definition) is 5. The first-order chi connectivity index (χ1) is 13.2. The summed E-state index contributed by atoms with van der Waals surface area (Å²) in [5.74, 6) is 1.75. The molecule has 0 aliphatic carbocycles. The van der Waals surface area contributed by atoms with Gasteiger partial charge in [0.25, 0.3) is 0 Å². The van der Waals surface area contributed by atoms with Crippen LogP contribution in [0.25, 0.3) is 0 Å². The third-order valence-electron chi connectivity index (χ3n) is 5.09. The van der Waals surface area contributed by atoms with E-state index in [0.29, 0.717) is 17.1 Å². The van der Waals surface area contributed by atoms with Crippen LogP contribution in [0.4, 0.5) is 5.82 Å². The minimum atomic E-state index is 0.333. The van der Waals surface area contributed by atoms with Crippen molar-refractivity contribution in [2.24, 2.45) is 4.99 Å². The van der Waals surface area contributed by atoms with Crippen molar-refractivity contribution in [1.82, 2.24) is 20.5 Å². The fraction of sp³-hybridized carbons (Fsp3) is 0.684. The maximum Gasteiger partial charge on any atom is 0.191 e. The lowest BCUT2D eigenvalue weighted by atomic mass is 10.2. The predicted octanol–water partition coefficient (Wildman–Crippen LogP) is 1.59. The number of hydrogen-bond donors (Lipinski definition) is 2. The highest BCUT2D eigenvalue weighted by Crippen LogP contribution is 2.25. The van der Waals surface area contributed by atoms with E-state index in [1.54, 1.807) is 6.20 Å². The van der Waals surface area contributed by atoms with Gasteiger partial charge < -0.3 is 20.3 Å². The summed E-state index contributed by atoms with van der Waals surface area (Å²) in [4.78, 5) is 13.9. The van der Waals surface area contributed by atoms with E-state index in [1.165, 1.54) is 0 Å². The number of halogens is 1. The van der Waals surface area contributed by atoms with Crippen LogP contribution in [-0.4, -0.2) is 80.4 Å². The molecule has 0 bridgehead atoms. The van der Waals surface area contributed by atoms with Gasteiger partial charge in [-0.1, -0.05) is 11.6 Å². The molecule has 2 aliphatic rings. The zero-order valence-electron chi connectivity index (χ0n) is 16.3. The number of rotatable bonds is 6. The average molecular weight is 395 g/mol. The van der Waals surface area contributed by atoms with Crippen molar-refractivity contribution in [2.45, 2.75) is 32.4 Å². The Morgan fingerprint density at radius 2 is 2.22 bits per heavy atom. The first-order valence-corrected chi connectivity index (χ1v) is 10.3. The molecule has 2 fully saturated rings. The Bertz CT molecular complexity index is 622. The van der Waals surface area contributed by atoms with Crippen molar-refractivity contribution in [3.8, 4) is 0 Å². The molecule has 1 aromatic heterocycles. The number of ether oxygens (including phenoxy) is 1. The third kappa shape index (κ3) is 5.70. The molecule has 7 nitrogen and oxygen atoms in total. The van der Waals surface area contributed by atoms with Gasteiger partial charge >= 0.3 is 0 Å². The topological polar surface area (TPSA) is 65.0 Å². The van der Waals surface area contributed by atoms with Crippen LogP contribution < -0.4 is 15.5 Å². The second-order valence-electron chi connectivity index (χ2n) is 7.10. The molecule has 0 spiro atoms. The Labute approximate surface area is 167 Å². The largest absolute Gasteiger partial charge is 0.379 e. The molecule has 2 saturated heterocycles. The number of nitrogens with zero attached hydrogens (tertiary/aromatic N) is 4. The second kappa shape index (κ2) is 10.1. The Hall–Kier alpha value is -1.57. The van der Waals surface area contributed by atoms with E-state index in [0.717, 1.165) is 70.7 Å². The van der Waals surface area contributed by atoms with Crippen LogP contribution in [0.3, 0.4) is 0 Å². The molecule has 27 heavy (non-hydrogen) atoms. The fourth-order valence-corrected chi connectivity index (χ4v) is 3.79. The Morgan fingerprint density at radius 3 is 2.96 bits per heavy atom. The zero-order chi connectivity index (χ0) is 19.1. The molecule has 0 aromatic carbocycles. The van der Waals surface area contributed by atoms with Crippen LogP contribution in [0.1, 0.15) is 20.3 Å². The van der Waals surface area contributed by atoms with E-state index in [9.17, 15) is 0 Å². The van der Waals surface area contributed by atoms with Gasteiger partial charge in [-0.25, -0.2) is 4.98 Å². The highest BCUT2D eigenvalue weighted by molar-refractivity contribution is 6.32. The summed E-state index contributed by atoms with van der Waals surface area (Å²) in [5, 5.41) is 7.65. The van der Waals surface area contributed by atoms with Crippen LogP contribution >= 0.6 is 11.6 Å². The number of nitrogens with one attached hydrogen (secondary N) is 2. The van der Waals surface area contributed by atoms with Crippen molar-refractivity contribution in [3.63, 3.8) is 0 Å². The van der Waals surface area contributed by atoms with Gasteiger partial charge in [-0.2, -0.15) is 0 Å². The normalized spacial score (nSPS) is 22.7. The lowest BCUT2D eigenvalue weighted by Crippen LogP contribution is -2.46. The van der Waals surface area contributed by atoms with Crippen molar-refractivity contribution >= 4 is 23.4 Å². The summed E-state index contributed by atoms with van der Waals surface area (Å²) in [5.41, 5.74) is 0.